The minimum absolute atomic E-state index is 0.322. The average molecular weight is 302 g/mol. The third kappa shape index (κ3) is 3.66. The largest absolute Gasteiger partial charge is 0.388 e. The van der Waals surface area contributed by atoms with Crippen LogP contribution in [0.5, 0.6) is 0 Å². The second-order valence-corrected chi connectivity index (χ2v) is 8.08. The van der Waals surface area contributed by atoms with E-state index in [1.807, 2.05) is 31.2 Å². The Bertz CT molecular complexity index is 653. The second-order valence-electron chi connectivity index (χ2n) is 5.41. The van der Waals surface area contributed by atoms with Gasteiger partial charge in [-0.25, -0.2) is 0 Å². The van der Waals surface area contributed by atoms with Gasteiger partial charge in [0.25, 0.3) is 0 Å². The molecule has 0 spiro atoms. The van der Waals surface area contributed by atoms with E-state index in [2.05, 4.69) is 27.1 Å². The van der Waals surface area contributed by atoms with Gasteiger partial charge >= 0.3 is 0 Å². The van der Waals surface area contributed by atoms with Gasteiger partial charge in [-0.3, -0.25) is 9.30 Å². The molecule has 21 heavy (non-hydrogen) atoms. The van der Waals surface area contributed by atoms with E-state index >= 15 is 0 Å². The second kappa shape index (κ2) is 6.33. The van der Waals surface area contributed by atoms with E-state index in [1.54, 1.807) is 0 Å². The third-order valence-electron chi connectivity index (χ3n) is 3.73. The smallest absolute Gasteiger partial charge is 0.0991 e. The summed E-state index contributed by atoms with van der Waals surface area (Å²) >= 11 is 0. The summed E-state index contributed by atoms with van der Waals surface area (Å²) in [6.45, 7) is 3.70. The third-order valence-corrected chi connectivity index (χ3v) is 6.23. The van der Waals surface area contributed by atoms with E-state index in [-0.39, 0.29) is 0 Å². The van der Waals surface area contributed by atoms with E-state index in [1.165, 1.54) is 0 Å². The van der Waals surface area contributed by atoms with Crippen LogP contribution in [0, 0.1) is 11.3 Å². The van der Waals surface area contributed by atoms with E-state index in [9.17, 15) is 0 Å². The van der Waals surface area contributed by atoms with Crippen molar-refractivity contribution < 1.29 is 0 Å². The molecule has 5 heteroatoms. The molecular weight excluding hydrogens is 280 g/mol. The number of nitrogens with zero attached hydrogens (tertiary/aromatic N) is 3. The number of hydrogen-bond donors (Lipinski definition) is 1. The molecule has 4 nitrogen and oxygen atoms in total. The number of nitriles is 1. The lowest BCUT2D eigenvalue weighted by molar-refractivity contribution is 0.346. The molecule has 1 aromatic carbocycles. The van der Waals surface area contributed by atoms with Gasteiger partial charge in [-0.1, -0.05) is 11.7 Å². The molecule has 1 fully saturated rings. The predicted molar refractivity (Wildman–Crippen MR) is 93.1 cm³/mol. The Morgan fingerprint density at radius 2 is 1.90 bits per heavy atom. The van der Waals surface area contributed by atoms with Crippen molar-refractivity contribution in [3.63, 3.8) is 0 Å². The highest BCUT2D eigenvalue weighted by molar-refractivity contribution is 8.25. The van der Waals surface area contributed by atoms with Crippen LogP contribution in [0.25, 0.3) is 0 Å². The molecule has 2 N–H and O–H groups in total. The Hall–Kier alpha value is -1.77. The molecule has 0 amide bonds. The maximum Gasteiger partial charge on any atom is 0.0991 e. The summed E-state index contributed by atoms with van der Waals surface area (Å²) in [6.07, 6.45) is 1.98. The summed E-state index contributed by atoms with van der Waals surface area (Å²) in [4.78, 5) is 5.56. The van der Waals surface area contributed by atoms with Gasteiger partial charge in [-0.05, 0) is 44.0 Å². The molecule has 1 heterocycles. The zero-order valence-corrected chi connectivity index (χ0v) is 13.3. The number of piperidine rings is 1. The number of hydrogen-bond acceptors (Lipinski definition) is 3. The van der Waals surface area contributed by atoms with E-state index in [4.69, 9.17) is 11.0 Å². The first-order valence-electron chi connectivity index (χ1n) is 6.98. The van der Waals surface area contributed by atoms with Crippen LogP contribution in [0.3, 0.4) is 0 Å². The Morgan fingerprint density at radius 3 is 2.38 bits per heavy atom. The van der Waals surface area contributed by atoms with Gasteiger partial charge in [0.05, 0.1) is 23.5 Å². The Labute approximate surface area is 127 Å². The molecule has 2 rings (SSSR count). The number of aliphatic imine (C=N–C) groups is 1. The summed E-state index contributed by atoms with van der Waals surface area (Å²) in [5, 5.41) is 8.87. The highest BCUT2D eigenvalue weighted by Crippen LogP contribution is 2.38. The van der Waals surface area contributed by atoms with Crippen LogP contribution in [0.15, 0.2) is 34.2 Å². The van der Waals surface area contributed by atoms with Gasteiger partial charge in [0.1, 0.15) is 0 Å². The first-order chi connectivity index (χ1) is 9.93. The number of amidine groups is 1. The predicted octanol–water partition coefficient (Wildman–Crippen LogP) is 2.34. The van der Waals surface area contributed by atoms with Gasteiger partial charge in [-0.15, -0.1) is 9.39 Å². The molecule has 1 aliphatic rings. The quantitative estimate of drug-likeness (QED) is 0.529. The zero-order valence-electron chi connectivity index (χ0n) is 12.5. The van der Waals surface area contributed by atoms with Crippen LogP contribution in [-0.2, 0) is 0 Å². The van der Waals surface area contributed by atoms with Crippen LogP contribution < -0.4 is 5.73 Å². The van der Waals surface area contributed by atoms with Gasteiger partial charge in [0, 0.05) is 18.0 Å². The minimum atomic E-state index is -1.49. The number of rotatable bonds is 3. The lowest BCUT2D eigenvalue weighted by Gasteiger charge is -2.36. The fourth-order valence-corrected chi connectivity index (χ4v) is 4.39. The van der Waals surface area contributed by atoms with Crippen molar-refractivity contribution in [1.82, 2.24) is 4.31 Å². The van der Waals surface area contributed by atoms with Gasteiger partial charge in [-0.2, -0.15) is 5.26 Å². The molecule has 112 valence electrons. The van der Waals surface area contributed by atoms with Gasteiger partial charge in [0.15, 0.2) is 0 Å². The lowest BCUT2D eigenvalue weighted by atomic mass is 10.1. The standard InChI is InChI=1S/C16H22N4S/c1-13(18)19-15-8-10-20(11-9-15)21(2,3)16-6-4-14(12-17)5-7-16/h4-7,15H,2-3,8-11H2,1H3,(H2,18,19). The molecule has 0 bridgehead atoms. The summed E-state index contributed by atoms with van der Waals surface area (Å²) in [6, 6.07) is 10.1. The molecular formula is C16H22N4S. The fourth-order valence-electron chi connectivity index (χ4n) is 2.54. The Balaban J connectivity index is 2.11. The molecule has 1 aromatic rings. The first-order valence-corrected chi connectivity index (χ1v) is 8.91. The van der Waals surface area contributed by atoms with Crippen molar-refractivity contribution in [2.24, 2.45) is 10.7 Å². The molecule has 1 aliphatic heterocycles. The lowest BCUT2D eigenvalue weighted by Crippen LogP contribution is -2.33. The molecule has 0 aromatic heterocycles. The van der Waals surface area contributed by atoms with Crippen LogP contribution in [-0.4, -0.2) is 41.0 Å². The van der Waals surface area contributed by atoms with Crippen molar-refractivity contribution in [2.75, 3.05) is 13.1 Å². The Morgan fingerprint density at radius 1 is 1.33 bits per heavy atom. The molecule has 0 unspecified atom stereocenters. The minimum Gasteiger partial charge on any atom is -0.388 e. The SMILES string of the molecule is C=S(=C)(c1ccc(C#N)cc1)N1CCC(N=C(C)N)CC1. The highest BCUT2D eigenvalue weighted by atomic mass is 32.2. The van der Waals surface area contributed by atoms with Crippen LogP contribution in [0.4, 0.5) is 0 Å². The molecule has 0 atom stereocenters. The van der Waals surface area contributed by atoms with Crippen molar-refractivity contribution in [1.29, 1.82) is 5.26 Å². The molecule has 0 radical (unpaired) electrons. The summed E-state index contributed by atoms with van der Waals surface area (Å²) in [7, 11) is -1.49. The monoisotopic (exact) mass is 302 g/mol. The van der Waals surface area contributed by atoms with Gasteiger partial charge < -0.3 is 5.73 Å². The van der Waals surface area contributed by atoms with E-state index < -0.39 is 9.39 Å². The van der Waals surface area contributed by atoms with E-state index in [0.717, 1.165) is 30.8 Å². The molecule has 1 saturated heterocycles. The topological polar surface area (TPSA) is 65.4 Å². The normalized spacial score (nSPS) is 18.4. The van der Waals surface area contributed by atoms with Crippen molar-refractivity contribution in [3.8, 4) is 6.07 Å². The van der Waals surface area contributed by atoms with Crippen LogP contribution in [0.2, 0.25) is 0 Å². The maximum atomic E-state index is 8.87. The summed E-state index contributed by atoms with van der Waals surface area (Å²) < 4.78 is 2.35. The van der Waals surface area contributed by atoms with Crippen molar-refractivity contribution in [2.45, 2.75) is 30.7 Å². The highest BCUT2D eigenvalue weighted by Gasteiger charge is 2.22. The average Bonchev–Trinajstić information content (AvgIpc) is 2.47. The molecule has 0 saturated carbocycles. The van der Waals surface area contributed by atoms with Crippen LogP contribution >= 0.6 is 9.39 Å². The first kappa shape index (κ1) is 15.6. The zero-order chi connectivity index (χ0) is 15.5. The van der Waals surface area contributed by atoms with Gasteiger partial charge in [0.2, 0.25) is 0 Å². The van der Waals surface area contributed by atoms with Crippen molar-refractivity contribution >= 4 is 27.0 Å². The van der Waals surface area contributed by atoms with Crippen molar-refractivity contribution in [3.05, 3.63) is 29.8 Å². The summed E-state index contributed by atoms with van der Waals surface area (Å²) in [5.74, 6) is 9.38. The van der Waals surface area contributed by atoms with E-state index in [0.29, 0.717) is 17.4 Å². The number of benzene rings is 1. The number of nitrogens with two attached hydrogens (primary N) is 1. The van der Waals surface area contributed by atoms with Crippen LogP contribution in [0.1, 0.15) is 25.3 Å². The molecule has 0 aliphatic carbocycles. The Kier molecular flexibility index (Phi) is 4.71. The summed E-state index contributed by atoms with van der Waals surface area (Å²) in [5.41, 5.74) is 6.32. The maximum absolute atomic E-state index is 8.87. The fraction of sp³-hybridized carbons (Fsp3) is 0.375.